The Morgan fingerprint density at radius 2 is 2.00 bits per heavy atom. The number of benzene rings is 1. The molecule has 158 valence electrons. The Morgan fingerprint density at radius 3 is 2.69 bits per heavy atom. The minimum atomic E-state index is -3.50. The maximum absolute atomic E-state index is 13.0. The van der Waals surface area contributed by atoms with E-state index in [0.717, 1.165) is 25.1 Å². The quantitative estimate of drug-likeness (QED) is 0.716. The second-order valence-corrected chi connectivity index (χ2v) is 10.4. The lowest BCUT2D eigenvalue weighted by molar-refractivity contribution is 0.00985. The molecule has 0 spiro atoms. The van der Waals surface area contributed by atoms with Gasteiger partial charge in [-0.1, -0.05) is 6.07 Å². The van der Waals surface area contributed by atoms with E-state index in [4.69, 9.17) is 9.47 Å². The summed E-state index contributed by atoms with van der Waals surface area (Å²) in [5, 5.41) is 11.4. The van der Waals surface area contributed by atoms with Gasteiger partial charge in [0, 0.05) is 31.9 Å². The first-order valence-electron chi connectivity index (χ1n) is 9.83. The number of nitrogens with zero attached hydrogens (tertiary/aromatic N) is 2. The molecule has 4 rings (SSSR count). The number of anilines is 1. The smallest absolute Gasteiger partial charge is 0.252 e. The van der Waals surface area contributed by atoms with Crippen LogP contribution in [0.25, 0.3) is 0 Å². The minimum absolute atomic E-state index is 0.121. The average Bonchev–Trinajstić information content (AvgIpc) is 3.43. The molecule has 7 nitrogen and oxygen atoms in total. The summed E-state index contributed by atoms with van der Waals surface area (Å²) in [4.78, 5) is 2.16. The second kappa shape index (κ2) is 9.01. The molecular formula is C20H26N2O5S2. The van der Waals surface area contributed by atoms with Crippen molar-refractivity contribution in [3.05, 3.63) is 41.8 Å². The molecule has 2 aromatic rings. The molecule has 3 heterocycles. The number of hydrogen-bond donors (Lipinski definition) is 1. The van der Waals surface area contributed by atoms with Crippen molar-refractivity contribution in [3.8, 4) is 5.75 Å². The number of piperazine rings is 1. The zero-order chi connectivity index (χ0) is 20.3. The van der Waals surface area contributed by atoms with E-state index in [1.165, 1.54) is 11.3 Å². The van der Waals surface area contributed by atoms with Gasteiger partial charge in [0.15, 0.2) is 0 Å². The number of hydrogen-bond acceptors (Lipinski definition) is 7. The highest BCUT2D eigenvalue weighted by Crippen LogP contribution is 2.28. The average molecular weight is 439 g/mol. The van der Waals surface area contributed by atoms with Gasteiger partial charge in [0.1, 0.15) is 9.96 Å². The third-order valence-electron chi connectivity index (χ3n) is 5.35. The van der Waals surface area contributed by atoms with E-state index in [1.54, 1.807) is 34.0 Å². The molecule has 0 radical (unpaired) electrons. The van der Waals surface area contributed by atoms with Gasteiger partial charge < -0.3 is 19.5 Å². The fourth-order valence-electron chi connectivity index (χ4n) is 3.82. The molecule has 0 saturated carbocycles. The maximum atomic E-state index is 13.0. The van der Waals surface area contributed by atoms with Gasteiger partial charge in [0.2, 0.25) is 0 Å². The van der Waals surface area contributed by atoms with Crippen molar-refractivity contribution in [2.24, 2.45) is 0 Å². The summed E-state index contributed by atoms with van der Waals surface area (Å²) in [7, 11) is -3.50. The van der Waals surface area contributed by atoms with Crippen LogP contribution in [0.4, 0.5) is 5.69 Å². The molecular weight excluding hydrogens is 412 g/mol. The topological polar surface area (TPSA) is 79.3 Å². The largest absolute Gasteiger partial charge is 0.508 e. The number of ether oxygens (including phenoxy) is 2. The molecule has 9 heteroatoms. The first-order chi connectivity index (χ1) is 14.0. The molecule has 0 bridgehead atoms. The van der Waals surface area contributed by atoms with Crippen molar-refractivity contribution in [3.63, 3.8) is 0 Å². The van der Waals surface area contributed by atoms with Gasteiger partial charge in [-0.05, 0) is 48.6 Å². The number of sulfonamides is 1. The highest BCUT2D eigenvalue weighted by molar-refractivity contribution is 7.91. The predicted octanol–water partition coefficient (Wildman–Crippen LogP) is 2.53. The van der Waals surface area contributed by atoms with Crippen LogP contribution in [0.3, 0.4) is 0 Å². The SMILES string of the molecule is O=S(=O)(c1cccs1)N1CCN(c2ccc(O)cc2)[C@@H](COC[C@@H]2CCCO2)C1. The first-order valence-corrected chi connectivity index (χ1v) is 12.1. The van der Waals surface area contributed by atoms with Crippen LogP contribution < -0.4 is 4.90 Å². The Bertz CT molecular complexity index is 880. The molecule has 0 unspecified atom stereocenters. The number of phenols is 1. The van der Waals surface area contributed by atoms with E-state index in [1.807, 2.05) is 12.1 Å². The lowest BCUT2D eigenvalue weighted by atomic mass is 10.1. The standard InChI is InChI=1S/C20H26N2O5S2/c23-18-7-5-16(6-8-18)22-10-9-21(29(24,25)20-4-2-12-28-20)13-17(22)14-26-15-19-3-1-11-27-19/h2,4-8,12,17,19,23H,1,3,9-11,13-15H2/t17-,19+/m1/s1. The van der Waals surface area contributed by atoms with Crippen molar-refractivity contribution in [2.75, 3.05) is 44.4 Å². The third-order valence-corrected chi connectivity index (χ3v) is 8.59. The van der Waals surface area contributed by atoms with Crippen LogP contribution in [0.2, 0.25) is 0 Å². The zero-order valence-electron chi connectivity index (χ0n) is 16.1. The van der Waals surface area contributed by atoms with Crippen LogP contribution in [0.15, 0.2) is 46.0 Å². The van der Waals surface area contributed by atoms with Crippen LogP contribution in [0.1, 0.15) is 12.8 Å². The van der Waals surface area contributed by atoms with Gasteiger partial charge in [-0.2, -0.15) is 4.31 Å². The van der Waals surface area contributed by atoms with Crippen LogP contribution in [-0.2, 0) is 19.5 Å². The third kappa shape index (κ3) is 4.75. The minimum Gasteiger partial charge on any atom is -0.508 e. The molecule has 2 atom stereocenters. The summed E-state index contributed by atoms with van der Waals surface area (Å²) in [6.07, 6.45) is 2.20. The van der Waals surface area contributed by atoms with Crippen molar-refractivity contribution in [2.45, 2.75) is 29.2 Å². The molecule has 2 saturated heterocycles. The molecule has 2 aliphatic rings. The normalized spacial score (nSPS) is 23.5. The highest BCUT2D eigenvalue weighted by Gasteiger charge is 2.35. The molecule has 0 aliphatic carbocycles. The molecule has 29 heavy (non-hydrogen) atoms. The van der Waals surface area contributed by atoms with Gasteiger partial charge >= 0.3 is 0 Å². The van der Waals surface area contributed by atoms with E-state index >= 15 is 0 Å². The fraction of sp³-hybridized carbons (Fsp3) is 0.500. The lowest BCUT2D eigenvalue weighted by Crippen LogP contribution is -2.56. The number of phenolic OH excluding ortho intramolecular Hbond substituents is 1. The summed E-state index contributed by atoms with van der Waals surface area (Å²) in [6.45, 7) is 3.04. The van der Waals surface area contributed by atoms with Crippen molar-refractivity contribution in [1.82, 2.24) is 4.31 Å². The number of aromatic hydroxyl groups is 1. The lowest BCUT2D eigenvalue weighted by Gasteiger charge is -2.42. The van der Waals surface area contributed by atoms with E-state index < -0.39 is 10.0 Å². The van der Waals surface area contributed by atoms with Crippen molar-refractivity contribution in [1.29, 1.82) is 0 Å². The molecule has 2 aliphatic heterocycles. The molecule has 0 amide bonds. The number of rotatable bonds is 7. The number of thiophene rings is 1. The van der Waals surface area contributed by atoms with Crippen LogP contribution in [0.5, 0.6) is 5.75 Å². The van der Waals surface area contributed by atoms with Gasteiger partial charge in [-0.15, -0.1) is 11.3 Å². The van der Waals surface area contributed by atoms with Crippen LogP contribution in [0, 0.1) is 0 Å². The Balaban J connectivity index is 1.49. The Morgan fingerprint density at radius 1 is 1.17 bits per heavy atom. The first kappa shape index (κ1) is 20.6. The van der Waals surface area contributed by atoms with Gasteiger partial charge in [-0.25, -0.2) is 8.42 Å². The van der Waals surface area contributed by atoms with Gasteiger partial charge in [0.25, 0.3) is 10.0 Å². The monoisotopic (exact) mass is 438 g/mol. The van der Waals surface area contributed by atoms with Gasteiger partial charge in [-0.3, -0.25) is 0 Å². The Kier molecular flexibility index (Phi) is 6.41. The van der Waals surface area contributed by atoms with Crippen molar-refractivity contribution < 1.29 is 23.0 Å². The van der Waals surface area contributed by atoms with Crippen LogP contribution >= 0.6 is 11.3 Å². The fourth-order valence-corrected chi connectivity index (χ4v) is 6.43. The summed E-state index contributed by atoms with van der Waals surface area (Å²) < 4.78 is 39.5. The summed E-state index contributed by atoms with van der Waals surface area (Å²) in [6, 6.07) is 10.3. The molecule has 1 N–H and O–H groups in total. The van der Waals surface area contributed by atoms with E-state index in [-0.39, 0.29) is 17.9 Å². The van der Waals surface area contributed by atoms with E-state index in [9.17, 15) is 13.5 Å². The Hall–Kier alpha value is -1.65. The van der Waals surface area contributed by atoms with Crippen molar-refractivity contribution >= 4 is 27.0 Å². The Labute approximate surface area is 175 Å². The molecule has 2 fully saturated rings. The van der Waals surface area contributed by atoms with E-state index in [0.29, 0.717) is 37.1 Å². The maximum Gasteiger partial charge on any atom is 0.252 e. The molecule has 1 aromatic heterocycles. The summed E-state index contributed by atoms with van der Waals surface area (Å²) >= 11 is 1.24. The zero-order valence-corrected chi connectivity index (χ0v) is 17.8. The van der Waals surface area contributed by atoms with Gasteiger partial charge in [0.05, 0.1) is 25.4 Å². The summed E-state index contributed by atoms with van der Waals surface area (Å²) in [5.41, 5.74) is 0.946. The van der Waals surface area contributed by atoms with E-state index in [2.05, 4.69) is 4.90 Å². The highest BCUT2D eigenvalue weighted by atomic mass is 32.2. The summed E-state index contributed by atoms with van der Waals surface area (Å²) in [5.74, 6) is 0.207. The molecule has 1 aromatic carbocycles. The van der Waals surface area contributed by atoms with Crippen LogP contribution in [-0.4, -0.2) is 69.4 Å². The second-order valence-electron chi connectivity index (χ2n) is 7.33. The predicted molar refractivity (Wildman–Crippen MR) is 112 cm³/mol.